The molecular weight excluding hydrogens is 200 g/mol. The second-order valence-corrected chi connectivity index (χ2v) is 3.52. The zero-order valence-corrected chi connectivity index (χ0v) is 9.08. The van der Waals surface area contributed by atoms with Gasteiger partial charge in [-0.1, -0.05) is 36.4 Å². The van der Waals surface area contributed by atoms with E-state index < -0.39 is 0 Å². The molecule has 0 atom stereocenters. The molecule has 0 amide bonds. The number of rotatable bonds is 5. The summed E-state index contributed by atoms with van der Waals surface area (Å²) in [4.78, 5) is 0. The van der Waals surface area contributed by atoms with Gasteiger partial charge in [0.25, 0.3) is 0 Å². The Kier molecular flexibility index (Phi) is 3.43. The molecule has 0 spiro atoms. The zero-order chi connectivity index (χ0) is 11.2. The fraction of sp³-hybridized carbons (Fsp3) is 0.250. The molecule has 4 nitrogen and oxygen atoms in total. The third kappa shape index (κ3) is 2.34. The Morgan fingerprint density at radius 3 is 2.81 bits per heavy atom. The van der Waals surface area contributed by atoms with Crippen LogP contribution < -0.4 is 0 Å². The van der Waals surface area contributed by atoms with Gasteiger partial charge in [0, 0.05) is 12.1 Å². The summed E-state index contributed by atoms with van der Waals surface area (Å²) >= 11 is 0. The molecule has 16 heavy (non-hydrogen) atoms. The number of hydrogen-bond donors (Lipinski definition) is 0. The molecule has 0 bridgehead atoms. The topological polar surface area (TPSA) is 43.6 Å². The van der Waals surface area contributed by atoms with Gasteiger partial charge < -0.3 is 0 Å². The van der Waals surface area contributed by atoms with Crippen molar-refractivity contribution < 1.29 is 0 Å². The lowest BCUT2D eigenvalue weighted by atomic mass is 10.2. The van der Waals surface area contributed by atoms with Gasteiger partial charge in [-0.3, -0.25) is 0 Å². The second kappa shape index (κ2) is 5.21. The van der Waals surface area contributed by atoms with Crippen LogP contribution in [0.5, 0.6) is 0 Å². The summed E-state index contributed by atoms with van der Waals surface area (Å²) in [5.41, 5.74) is 1.05. The first-order valence-electron chi connectivity index (χ1n) is 5.34. The highest BCUT2D eigenvalue weighted by atomic mass is 15.5. The van der Waals surface area contributed by atoms with Crippen LogP contribution in [0.1, 0.15) is 12.8 Å². The quantitative estimate of drug-likeness (QED) is 0.566. The Bertz CT molecular complexity index is 447. The van der Waals surface area contributed by atoms with E-state index in [4.69, 9.17) is 0 Å². The first kappa shape index (κ1) is 10.5. The Balaban J connectivity index is 2.16. The van der Waals surface area contributed by atoms with E-state index >= 15 is 0 Å². The number of tetrazole rings is 1. The van der Waals surface area contributed by atoms with Crippen LogP contribution >= 0.6 is 0 Å². The predicted octanol–water partition coefficient (Wildman–Crippen LogP) is 2.31. The Morgan fingerprint density at radius 1 is 1.25 bits per heavy atom. The SMILES string of the molecule is C=CCCCn1nnnc1-c1ccccc1. The molecule has 0 N–H and O–H groups in total. The fourth-order valence-electron chi connectivity index (χ4n) is 1.53. The minimum absolute atomic E-state index is 0.823. The first-order valence-corrected chi connectivity index (χ1v) is 5.34. The van der Waals surface area contributed by atoms with Gasteiger partial charge in [0.05, 0.1) is 0 Å². The van der Waals surface area contributed by atoms with E-state index in [1.54, 1.807) is 0 Å². The molecule has 0 aliphatic heterocycles. The molecule has 0 saturated heterocycles. The van der Waals surface area contributed by atoms with E-state index in [9.17, 15) is 0 Å². The highest BCUT2D eigenvalue weighted by Gasteiger charge is 2.06. The lowest BCUT2D eigenvalue weighted by molar-refractivity contribution is 0.567. The van der Waals surface area contributed by atoms with Gasteiger partial charge in [-0.25, -0.2) is 4.68 Å². The van der Waals surface area contributed by atoms with Gasteiger partial charge in [0.2, 0.25) is 0 Å². The van der Waals surface area contributed by atoms with Crippen molar-refractivity contribution in [1.82, 2.24) is 20.2 Å². The van der Waals surface area contributed by atoms with Crippen LogP contribution in [0, 0.1) is 0 Å². The van der Waals surface area contributed by atoms with E-state index in [-0.39, 0.29) is 0 Å². The summed E-state index contributed by atoms with van der Waals surface area (Å²) in [5.74, 6) is 0.824. The van der Waals surface area contributed by atoms with Gasteiger partial charge in [0.15, 0.2) is 5.82 Å². The maximum atomic E-state index is 4.04. The van der Waals surface area contributed by atoms with Crippen LogP contribution in [0.4, 0.5) is 0 Å². The van der Waals surface area contributed by atoms with Crippen molar-refractivity contribution in [3.63, 3.8) is 0 Å². The maximum Gasteiger partial charge on any atom is 0.182 e. The van der Waals surface area contributed by atoms with Gasteiger partial charge in [-0.2, -0.15) is 0 Å². The van der Waals surface area contributed by atoms with Crippen LogP contribution in [0.25, 0.3) is 11.4 Å². The molecular formula is C12H14N4. The number of nitrogens with zero attached hydrogens (tertiary/aromatic N) is 4. The smallest absolute Gasteiger partial charge is 0.182 e. The third-order valence-corrected chi connectivity index (χ3v) is 2.34. The van der Waals surface area contributed by atoms with Gasteiger partial charge in [-0.05, 0) is 23.3 Å². The van der Waals surface area contributed by atoms with Gasteiger partial charge in [0.1, 0.15) is 0 Å². The van der Waals surface area contributed by atoms with Crippen molar-refractivity contribution >= 4 is 0 Å². The van der Waals surface area contributed by atoms with Crippen LogP contribution in [0.3, 0.4) is 0 Å². The van der Waals surface area contributed by atoms with Gasteiger partial charge in [-0.15, -0.1) is 11.7 Å². The highest BCUT2D eigenvalue weighted by molar-refractivity contribution is 5.53. The predicted molar refractivity (Wildman–Crippen MR) is 62.7 cm³/mol. The zero-order valence-electron chi connectivity index (χ0n) is 9.08. The number of hydrogen-bond acceptors (Lipinski definition) is 3. The monoisotopic (exact) mass is 214 g/mol. The summed E-state index contributed by atoms with van der Waals surface area (Å²) in [6, 6.07) is 9.97. The van der Waals surface area contributed by atoms with Crippen molar-refractivity contribution in [2.24, 2.45) is 0 Å². The Morgan fingerprint density at radius 2 is 2.06 bits per heavy atom. The molecule has 1 aromatic carbocycles. The summed E-state index contributed by atoms with van der Waals surface area (Å²) in [5, 5.41) is 11.7. The molecule has 4 heteroatoms. The maximum absolute atomic E-state index is 4.04. The van der Waals surface area contributed by atoms with Crippen molar-refractivity contribution in [2.45, 2.75) is 19.4 Å². The largest absolute Gasteiger partial charge is 0.225 e. The molecule has 0 aliphatic carbocycles. The van der Waals surface area contributed by atoms with Crippen molar-refractivity contribution in [3.8, 4) is 11.4 Å². The van der Waals surface area contributed by atoms with Crippen molar-refractivity contribution in [3.05, 3.63) is 43.0 Å². The van der Waals surface area contributed by atoms with E-state index in [0.29, 0.717) is 0 Å². The second-order valence-electron chi connectivity index (χ2n) is 3.52. The molecule has 0 saturated carbocycles. The Labute approximate surface area is 94.6 Å². The fourth-order valence-corrected chi connectivity index (χ4v) is 1.53. The molecule has 2 rings (SSSR count). The van der Waals surface area contributed by atoms with Crippen LogP contribution in [0.2, 0.25) is 0 Å². The molecule has 1 heterocycles. The molecule has 0 unspecified atom stereocenters. The lowest BCUT2D eigenvalue weighted by Crippen LogP contribution is -2.02. The van der Waals surface area contributed by atoms with Gasteiger partial charge >= 0.3 is 0 Å². The van der Waals surface area contributed by atoms with E-state index in [1.165, 1.54) is 0 Å². The molecule has 1 aromatic heterocycles. The van der Waals surface area contributed by atoms with Crippen LogP contribution in [-0.2, 0) is 6.54 Å². The summed E-state index contributed by atoms with van der Waals surface area (Å²) in [7, 11) is 0. The molecule has 2 aromatic rings. The number of aromatic nitrogens is 4. The normalized spacial score (nSPS) is 10.2. The Hall–Kier alpha value is -1.97. The number of allylic oxidation sites excluding steroid dienone is 1. The average molecular weight is 214 g/mol. The minimum Gasteiger partial charge on any atom is -0.225 e. The number of aryl methyl sites for hydroxylation is 1. The summed E-state index contributed by atoms with van der Waals surface area (Å²) in [6.07, 6.45) is 3.90. The van der Waals surface area contributed by atoms with Crippen molar-refractivity contribution in [1.29, 1.82) is 0 Å². The molecule has 82 valence electrons. The number of unbranched alkanes of at least 4 members (excludes halogenated alkanes) is 1. The average Bonchev–Trinajstić information content (AvgIpc) is 2.79. The van der Waals surface area contributed by atoms with E-state index in [0.717, 1.165) is 30.8 Å². The summed E-state index contributed by atoms with van der Waals surface area (Å²) in [6.45, 7) is 4.52. The van der Waals surface area contributed by atoms with E-state index in [2.05, 4.69) is 22.1 Å². The van der Waals surface area contributed by atoms with Crippen LogP contribution in [0.15, 0.2) is 43.0 Å². The number of benzene rings is 1. The molecule has 0 radical (unpaired) electrons. The third-order valence-electron chi connectivity index (χ3n) is 2.34. The van der Waals surface area contributed by atoms with Crippen molar-refractivity contribution in [2.75, 3.05) is 0 Å². The molecule has 0 aliphatic rings. The summed E-state index contributed by atoms with van der Waals surface area (Å²) < 4.78 is 1.83. The highest BCUT2D eigenvalue weighted by Crippen LogP contribution is 2.14. The lowest BCUT2D eigenvalue weighted by Gasteiger charge is -2.02. The standard InChI is InChI=1S/C12H14N4/c1-2-3-7-10-16-12(13-14-15-16)11-8-5-4-6-9-11/h2,4-6,8-9H,1,3,7,10H2. The first-order chi connectivity index (χ1) is 7.92. The minimum atomic E-state index is 0.823. The van der Waals surface area contributed by atoms with Crippen LogP contribution in [-0.4, -0.2) is 20.2 Å². The van der Waals surface area contributed by atoms with E-state index in [1.807, 2.05) is 41.1 Å². The molecule has 0 fully saturated rings.